The molecule has 17 nitrogen and oxygen atoms in total. The van der Waals surface area contributed by atoms with Crippen LogP contribution in [0.3, 0.4) is 0 Å². The smallest absolute Gasteiger partial charge is 0.300 e. The Hall–Kier alpha value is -6.07. The molecule has 0 saturated carbocycles. The molecule has 43 heavy (non-hydrogen) atoms. The van der Waals surface area contributed by atoms with Gasteiger partial charge in [0.15, 0.2) is 11.0 Å². The third-order valence-electron chi connectivity index (χ3n) is 5.36. The third kappa shape index (κ3) is 7.57. The Morgan fingerprint density at radius 3 is 1.60 bits per heavy atom. The molecule has 0 spiro atoms. The summed E-state index contributed by atoms with van der Waals surface area (Å²) < 4.78 is 8.94. The molecule has 0 amide bonds. The number of hydrogen-bond donors (Lipinski definition) is 5. The fraction of sp³-hybridized carbons (Fsp3) is 0.0400. The molecule has 0 bridgehead atoms. The molecular formula is C25H23ClN10O7. The van der Waals surface area contributed by atoms with E-state index in [2.05, 4.69) is 35.2 Å². The molecule has 222 valence electrons. The lowest BCUT2D eigenvalue weighted by Gasteiger charge is -2.08. The fourth-order valence-corrected chi connectivity index (χ4v) is 3.53. The Morgan fingerprint density at radius 1 is 0.651 bits per heavy atom. The molecule has 0 aliphatic heterocycles. The molecule has 6 aromatic rings. The standard InChI is InChI=1S/C12H9N5O3.C6H2ClN3O3.C6H8N2.CH4O/c13-7-3-1-2-4-8(7)14-9-5-6-10(17(18)19)12-11(9)15-20-16-12;7-3-1-2-4(10(11)12)6-5(3)8-13-9-6;7-5-3-1-2-4-6(5)8;1-2/h1-6,14H,13H2;1-2H;1-4H,7-8H2;2H,1H3. The van der Waals surface area contributed by atoms with E-state index in [1.807, 2.05) is 24.3 Å². The SMILES string of the molecule is CO.Nc1ccccc1N.Nc1ccccc1Nc1ccc([N+](=O)[O-])c2nonc12.O=[N+]([O-])c1ccc(Cl)c2nonc12. The number of nitrogen functional groups attached to an aromatic ring is 3. The average Bonchev–Trinajstić information content (AvgIpc) is 3.69. The number of nitro benzene ring substituents is 2. The van der Waals surface area contributed by atoms with Gasteiger partial charge in [0.05, 0.1) is 43.3 Å². The van der Waals surface area contributed by atoms with Gasteiger partial charge < -0.3 is 27.6 Å². The summed E-state index contributed by atoms with van der Waals surface area (Å²) in [5.41, 5.74) is 20.0. The van der Waals surface area contributed by atoms with Crippen LogP contribution in [0.5, 0.6) is 0 Å². The van der Waals surface area contributed by atoms with Gasteiger partial charge in [-0.2, -0.15) is 0 Å². The molecule has 6 rings (SSSR count). The highest BCUT2D eigenvalue weighted by atomic mass is 35.5. The highest BCUT2D eigenvalue weighted by molar-refractivity contribution is 6.35. The molecule has 0 radical (unpaired) electrons. The lowest BCUT2D eigenvalue weighted by Crippen LogP contribution is -1.97. The van der Waals surface area contributed by atoms with Crippen molar-refractivity contribution in [3.63, 3.8) is 0 Å². The number of nitro groups is 2. The van der Waals surface area contributed by atoms with Crippen LogP contribution in [0.2, 0.25) is 5.02 Å². The number of rotatable bonds is 4. The van der Waals surface area contributed by atoms with E-state index in [-0.39, 0.29) is 38.5 Å². The minimum absolute atomic E-state index is 0.0671. The maximum atomic E-state index is 10.9. The highest BCUT2D eigenvalue weighted by Crippen LogP contribution is 2.32. The van der Waals surface area contributed by atoms with E-state index in [4.69, 9.17) is 33.9 Å². The summed E-state index contributed by atoms with van der Waals surface area (Å²) in [7, 11) is 1.00. The number of nitrogens with one attached hydrogen (secondary N) is 1. The molecule has 2 heterocycles. The number of anilines is 5. The second-order valence-electron chi connectivity index (χ2n) is 7.98. The first kappa shape index (κ1) is 31.5. The number of fused-ring (bicyclic) bond motifs is 2. The van der Waals surface area contributed by atoms with E-state index in [1.165, 1.54) is 24.3 Å². The van der Waals surface area contributed by atoms with Gasteiger partial charge in [0.2, 0.25) is 11.0 Å². The maximum absolute atomic E-state index is 10.9. The van der Waals surface area contributed by atoms with Gasteiger partial charge in [0.25, 0.3) is 0 Å². The van der Waals surface area contributed by atoms with Crippen LogP contribution in [0.15, 0.2) is 82.1 Å². The van der Waals surface area contributed by atoms with Crippen LogP contribution >= 0.6 is 11.6 Å². The van der Waals surface area contributed by atoms with Gasteiger partial charge in [-0.3, -0.25) is 20.2 Å². The van der Waals surface area contributed by atoms with E-state index in [0.29, 0.717) is 28.4 Å². The van der Waals surface area contributed by atoms with Crippen molar-refractivity contribution in [2.75, 3.05) is 29.6 Å². The first-order valence-corrected chi connectivity index (χ1v) is 12.2. The van der Waals surface area contributed by atoms with Crippen LogP contribution < -0.4 is 22.5 Å². The Bertz CT molecular complexity index is 1840. The number of aliphatic hydroxyl groups is 1. The lowest BCUT2D eigenvalue weighted by molar-refractivity contribution is -0.383. The molecule has 0 aliphatic rings. The predicted molar refractivity (Wildman–Crippen MR) is 159 cm³/mol. The highest BCUT2D eigenvalue weighted by Gasteiger charge is 2.20. The second kappa shape index (κ2) is 14.5. The summed E-state index contributed by atoms with van der Waals surface area (Å²) in [5, 5.41) is 45.8. The fourth-order valence-electron chi connectivity index (χ4n) is 3.34. The largest absolute Gasteiger partial charge is 0.400 e. The summed E-state index contributed by atoms with van der Waals surface area (Å²) >= 11 is 5.69. The molecule has 0 fully saturated rings. The topological polar surface area (TPSA) is 274 Å². The van der Waals surface area contributed by atoms with E-state index >= 15 is 0 Å². The number of halogens is 1. The summed E-state index contributed by atoms with van der Waals surface area (Å²) in [4.78, 5) is 20.3. The number of non-ortho nitro benzene ring substituents is 2. The van der Waals surface area contributed by atoms with E-state index in [0.717, 1.165) is 7.11 Å². The van der Waals surface area contributed by atoms with Crippen LogP contribution in [0, 0.1) is 20.2 Å². The molecule has 0 atom stereocenters. The molecule has 0 unspecified atom stereocenters. The van der Waals surface area contributed by atoms with Crippen molar-refractivity contribution in [2.24, 2.45) is 0 Å². The number of aromatic nitrogens is 4. The van der Waals surface area contributed by atoms with Crippen LogP contribution in [0.4, 0.5) is 39.8 Å². The van der Waals surface area contributed by atoms with Crippen molar-refractivity contribution in [2.45, 2.75) is 0 Å². The third-order valence-corrected chi connectivity index (χ3v) is 5.66. The van der Waals surface area contributed by atoms with Gasteiger partial charge in [-0.1, -0.05) is 35.9 Å². The molecular weight excluding hydrogens is 588 g/mol. The summed E-state index contributed by atoms with van der Waals surface area (Å²) in [5.74, 6) is 0. The molecule has 2 aromatic heterocycles. The molecule has 0 aliphatic carbocycles. The van der Waals surface area contributed by atoms with Crippen LogP contribution in [-0.4, -0.2) is 42.7 Å². The molecule has 18 heteroatoms. The Kier molecular flexibility index (Phi) is 10.6. The number of aliphatic hydroxyl groups excluding tert-OH is 1. The summed E-state index contributed by atoms with van der Waals surface area (Å²) in [6.07, 6.45) is 0. The zero-order valence-electron chi connectivity index (χ0n) is 22.1. The van der Waals surface area contributed by atoms with Crippen molar-refractivity contribution >= 4 is 73.5 Å². The monoisotopic (exact) mass is 610 g/mol. The minimum atomic E-state index is -0.567. The van der Waals surface area contributed by atoms with E-state index in [1.54, 1.807) is 24.3 Å². The Morgan fingerprint density at radius 2 is 1.09 bits per heavy atom. The molecule has 8 N–H and O–H groups in total. The van der Waals surface area contributed by atoms with Crippen molar-refractivity contribution in [3.8, 4) is 0 Å². The predicted octanol–water partition coefficient (Wildman–Crippen LogP) is 4.70. The van der Waals surface area contributed by atoms with Gasteiger partial charge in [-0.15, -0.1) is 0 Å². The van der Waals surface area contributed by atoms with Crippen molar-refractivity contribution < 1.29 is 24.2 Å². The number of benzene rings is 4. The molecule has 4 aromatic carbocycles. The zero-order valence-corrected chi connectivity index (χ0v) is 22.9. The normalized spacial score (nSPS) is 9.93. The summed E-state index contributed by atoms with van der Waals surface area (Å²) in [6, 6.07) is 19.9. The van der Waals surface area contributed by atoms with Crippen LogP contribution in [-0.2, 0) is 0 Å². The number of hydrogen-bond acceptors (Lipinski definition) is 15. The van der Waals surface area contributed by atoms with Crippen LogP contribution in [0.25, 0.3) is 22.1 Å². The quantitative estimate of drug-likeness (QED) is 0.103. The van der Waals surface area contributed by atoms with Gasteiger partial charge in [-0.05, 0) is 57.0 Å². The Balaban J connectivity index is 0.000000189. The molecule has 0 saturated heterocycles. The van der Waals surface area contributed by atoms with Gasteiger partial charge in [0, 0.05) is 19.2 Å². The second-order valence-corrected chi connectivity index (χ2v) is 8.38. The number of nitrogens with zero attached hydrogens (tertiary/aromatic N) is 6. The van der Waals surface area contributed by atoms with Gasteiger partial charge >= 0.3 is 11.4 Å². The van der Waals surface area contributed by atoms with E-state index < -0.39 is 9.85 Å². The Labute approximate surface area is 246 Å². The van der Waals surface area contributed by atoms with Crippen molar-refractivity contribution in [1.82, 2.24) is 20.6 Å². The minimum Gasteiger partial charge on any atom is -0.400 e. The first-order valence-electron chi connectivity index (χ1n) is 11.8. The maximum Gasteiger partial charge on any atom is 0.300 e. The van der Waals surface area contributed by atoms with Gasteiger partial charge in [0.1, 0.15) is 0 Å². The van der Waals surface area contributed by atoms with Crippen molar-refractivity contribution in [3.05, 3.63) is 98.0 Å². The number of nitrogens with two attached hydrogens (primary N) is 3. The van der Waals surface area contributed by atoms with Crippen LogP contribution in [0.1, 0.15) is 0 Å². The number of para-hydroxylation sites is 4. The first-order chi connectivity index (χ1) is 20.7. The average molecular weight is 611 g/mol. The van der Waals surface area contributed by atoms with Crippen molar-refractivity contribution in [1.29, 1.82) is 0 Å². The van der Waals surface area contributed by atoms with Gasteiger partial charge in [-0.25, -0.2) is 9.26 Å². The summed E-state index contributed by atoms with van der Waals surface area (Å²) in [6.45, 7) is 0. The van der Waals surface area contributed by atoms with E-state index in [9.17, 15) is 20.2 Å². The lowest BCUT2D eigenvalue weighted by atomic mass is 10.2. The zero-order chi connectivity index (χ0) is 31.5.